The van der Waals surface area contributed by atoms with Crippen LogP contribution >= 0.6 is 0 Å². The summed E-state index contributed by atoms with van der Waals surface area (Å²) in [6, 6.07) is 0. The van der Waals surface area contributed by atoms with E-state index in [4.69, 9.17) is 0 Å². The highest BCUT2D eigenvalue weighted by molar-refractivity contribution is 5.95. The van der Waals surface area contributed by atoms with Crippen LogP contribution in [0.4, 0.5) is 0 Å². The van der Waals surface area contributed by atoms with Crippen molar-refractivity contribution in [3.63, 3.8) is 0 Å². The zero-order valence-corrected chi connectivity index (χ0v) is 5.36. The fourth-order valence-corrected chi connectivity index (χ4v) is 0.311. The summed E-state index contributed by atoms with van der Waals surface area (Å²) in [5, 5.41) is 2.50. The largest absolute Gasteiger partial charge is 0.315 e. The lowest BCUT2D eigenvalue weighted by Gasteiger charge is -1.95. The second kappa shape index (κ2) is 3.18. The van der Waals surface area contributed by atoms with Crippen molar-refractivity contribution in [3.8, 4) is 0 Å². The van der Waals surface area contributed by atoms with Gasteiger partial charge in [-0.1, -0.05) is 0 Å². The lowest BCUT2D eigenvalue weighted by molar-refractivity contribution is -0.117. The van der Waals surface area contributed by atoms with Gasteiger partial charge in [0.05, 0.1) is 5.84 Å². The van der Waals surface area contributed by atoms with Crippen molar-refractivity contribution in [2.75, 3.05) is 7.05 Å². The van der Waals surface area contributed by atoms with E-state index in [0.29, 0.717) is 5.84 Å². The topological polar surface area (TPSA) is 41.5 Å². The number of rotatable bonds is 0. The Morgan fingerprint density at radius 1 is 1.50 bits per heavy atom. The van der Waals surface area contributed by atoms with E-state index in [2.05, 4.69) is 10.3 Å². The Morgan fingerprint density at radius 3 is 2.12 bits per heavy atom. The first-order valence-electron chi connectivity index (χ1n) is 2.37. The molecule has 0 saturated heterocycles. The van der Waals surface area contributed by atoms with Crippen LogP contribution in [-0.2, 0) is 4.79 Å². The second-order valence-corrected chi connectivity index (χ2v) is 1.49. The third-order valence-corrected chi connectivity index (χ3v) is 0.692. The van der Waals surface area contributed by atoms with E-state index in [1.165, 1.54) is 6.92 Å². The van der Waals surface area contributed by atoms with Crippen molar-refractivity contribution in [2.45, 2.75) is 13.8 Å². The summed E-state index contributed by atoms with van der Waals surface area (Å²) in [5.41, 5.74) is 0. The Morgan fingerprint density at radius 2 is 2.00 bits per heavy atom. The molecule has 1 N–H and O–H groups in total. The molecule has 0 aromatic rings. The highest BCUT2D eigenvalue weighted by Crippen LogP contribution is 1.66. The molecule has 0 saturated carbocycles. The van der Waals surface area contributed by atoms with Crippen LogP contribution in [0.2, 0.25) is 0 Å². The first-order chi connectivity index (χ1) is 3.66. The molecule has 0 aromatic carbocycles. The quantitative estimate of drug-likeness (QED) is 0.354. The van der Waals surface area contributed by atoms with Crippen molar-refractivity contribution < 1.29 is 4.79 Å². The molecule has 0 unspecified atom stereocenters. The predicted molar refractivity (Wildman–Crippen MR) is 32.8 cm³/mol. The standard InChI is InChI=1S/C5H10N2O/c1-4(6-3)7-5(2)8/h1-3H3,(H,6,7,8). The van der Waals surface area contributed by atoms with E-state index in [-0.39, 0.29) is 5.91 Å². The maximum Gasteiger partial charge on any atom is 0.222 e. The van der Waals surface area contributed by atoms with Gasteiger partial charge in [-0.15, -0.1) is 0 Å². The van der Waals surface area contributed by atoms with Gasteiger partial charge in [-0.25, -0.2) is 0 Å². The predicted octanol–water partition coefficient (Wildman–Crippen LogP) is 0.171. The molecular formula is C5H10N2O. The third-order valence-electron chi connectivity index (χ3n) is 0.692. The van der Waals surface area contributed by atoms with E-state index < -0.39 is 0 Å². The molecule has 0 heterocycles. The van der Waals surface area contributed by atoms with Crippen LogP contribution in [0.3, 0.4) is 0 Å². The number of nitrogens with zero attached hydrogens (tertiary/aromatic N) is 1. The SMILES string of the molecule is C/N=C(\C)NC(C)=O. The molecule has 0 radical (unpaired) electrons. The van der Waals surface area contributed by atoms with E-state index in [1.807, 2.05) is 0 Å². The summed E-state index contributed by atoms with van der Waals surface area (Å²) in [4.78, 5) is 13.9. The lowest BCUT2D eigenvalue weighted by Crippen LogP contribution is -2.25. The number of carbonyl (C=O) groups excluding carboxylic acids is 1. The van der Waals surface area contributed by atoms with Gasteiger partial charge in [0.25, 0.3) is 0 Å². The minimum atomic E-state index is -0.0758. The molecule has 3 nitrogen and oxygen atoms in total. The highest BCUT2D eigenvalue weighted by atomic mass is 16.1. The Bertz CT molecular complexity index is 118. The van der Waals surface area contributed by atoms with Crippen molar-refractivity contribution in [3.05, 3.63) is 0 Å². The Labute approximate surface area is 48.8 Å². The molecule has 0 aliphatic rings. The van der Waals surface area contributed by atoms with E-state index in [9.17, 15) is 4.79 Å². The van der Waals surface area contributed by atoms with Gasteiger partial charge >= 0.3 is 0 Å². The molecule has 0 aliphatic heterocycles. The van der Waals surface area contributed by atoms with Crippen LogP contribution in [0.1, 0.15) is 13.8 Å². The molecule has 0 bridgehead atoms. The Hall–Kier alpha value is -0.860. The van der Waals surface area contributed by atoms with Crippen molar-refractivity contribution in [2.24, 2.45) is 4.99 Å². The first-order valence-corrected chi connectivity index (χ1v) is 2.37. The zero-order valence-electron chi connectivity index (χ0n) is 5.36. The van der Waals surface area contributed by atoms with Crippen LogP contribution in [0.5, 0.6) is 0 Å². The van der Waals surface area contributed by atoms with Gasteiger partial charge in [-0.3, -0.25) is 9.79 Å². The minimum absolute atomic E-state index is 0.0758. The number of amidine groups is 1. The first kappa shape index (κ1) is 7.14. The minimum Gasteiger partial charge on any atom is -0.315 e. The molecule has 0 rings (SSSR count). The van der Waals surface area contributed by atoms with Gasteiger partial charge in [0.2, 0.25) is 5.91 Å². The fraction of sp³-hybridized carbons (Fsp3) is 0.600. The smallest absolute Gasteiger partial charge is 0.222 e. The number of hydrogen-bond donors (Lipinski definition) is 1. The van der Waals surface area contributed by atoms with Gasteiger partial charge < -0.3 is 5.32 Å². The van der Waals surface area contributed by atoms with Crippen molar-refractivity contribution in [1.29, 1.82) is 0 Å². The number of hydrogen-bond acceptors (Lipinski definition) is 2. The van der Waals surface area contributed by atoms with Gasteiger partial charge in [0, 0.05) is 14.0 Å². The summed E-state index contributed by atoms with van der Waals surface area (Å²) in [5.74, 6) is 0.575. The number of aliphatic imine (C=N–C) groups is 1. The maximum absolute atomic E-state index is 10.2. The fourth-order valence-electron chi connectivity index (χ4n) is 0.311. The maximum atomic E-state index is 10.2. The van der Waals surface area contributed by atoms with Gasteiger partial charge in [0.15, 0.2) is 0 Å². The third kappa shape index (κ3) is 3.33. The second-order valence-electron chi connectivity index (χ2n) is 1.49. The Balaban J connectivity index is 3.56. The molecule has 0 fully saturated rings. The van der Waals surface area contributed by atoms with E-state index in [1.54, 1.807) is 14.0 Å². The van der Waals surface area contributed by atoms with Crippen LogP contribution < -0.4 is 5.32 Å². The molecule has 46 valence electrons. The summed E-state index contributed by atoms with van der Waals surface area (Å²) >= 11 is 0. The summed E-state index contributed by atoms with van der Waals surface area (Å²) in [6.45, 7) is 3.19. The summed E-state index contributed by atoms with van der Waals surface area (Å²) in [7, 11) is 1.63. The van der Waals surface area contributed by atoms with Gasteiger partial charge in [-0.2, -0.15) is 0 Å². The molecule has 0 aliphatic carbocycles. The average molecular weight is 114 g/mol. The van der Waals surface area contributed by atoms with Crippen LogP contribution in [0.15, 0.2) is 4.99 Å². The van der Waals surface area contributed by atoms with Crippen molar-refractivity contribution in [1.82, 2.24) is 5.32 Å². The zero-order chi connectivity index (χ0) is 6.57. The molecule has 0 spiro atoms. The van der Waals surface area contributed by atoms with Crippen LogP contribution in [0, 0.1) is 0 Å². The monoisotopic (exact) mass is 114 g/mol. The average Bonchev–Trinajstić information content (AvgIpc) is 1.65. The molecule has 1 amide bonds. The van der Waals surface area contributed by atoms with E-state index in [0.717, 1.165) is 0 Å². The molecule has 8 heavy (non-hydrogen) atoms. The number of nitrogens with one attached hydrogen (secondary N) is 1. The molecule has 3 heteroatoms. The number of amides is 1. The van der Waals surface area contributed by atoms with Crippen LogP contribution in [0.25, 0.3) is 0 Å². The summed E-state index contributed by atoms with van der Waals surface area (Å²) < 4.78 is 0. The Kier molecular flexibility index (Phi) is 2.84. The molecule has 0 aromatic heterocycles. The molecular weight excluding hydrogens is 104 g/mol. The van der Waals surface area contributed by atoms with E-state index >= 15 is 0 Å². The summed E-state index contributed by atoms with van der Waals surface area (Å²) in [6.07, 6.45) is 0. The normalized spacial score (nSPS) is 11.1. The van der Waals surface area contributed by atoms with Crippen LogP contribution in [-0.4, -0.2) is 18.8 Å². The van der Waals surface area contributed by atoms with Gasteiger partial charge in [0.1, 0.15) is 0 Å². The van der Waals surface area contributed by atoms with Crippen molar-refractivity contribution >= 4 is 11.7 Å². The number of carbonyl (C=O) groups is 1. The van der Waals surface area contributed by atoms with Gasteiger partial charge in [-0.05, 0) is 6.92 Å². The lowest BCUT2D eigenvalue weighted by atomic mass is 10.6. The molecule has 0 atom stereocenters. The highest BCUT2D eigenvalue weighted by Gasteiger charge is 1.88.